The van der Waals surface area contributed by atoms with Gasteiger partial charge < -0.3 is 10.1 Å². The molecule has 0 aromatic heterocycles. The number of carbonyl (C=O) groups is 2. The highest BCUT2D eigenvalue weighted by molar-refractivity contribution is 5.94. The molecule has 0 heterocycles. The van der Waals surface area contributed by atoms with E-state index in [2.05, 4.69) is 5.32 Å². The average Bonchev–Trinajstić information content (AvgIpc) is 2.74. The number of ether oxygens (including phenoxy) is 1. The smallest absolute Gasteiger partial charge is 0.308 e. The monoisotopic (exact) mass is 377 g/mol. The van der Waals surface area contributed by atoms with E-state index < -0.39 is 12.0 Å². The van der Waals surface area contributed by atoms with Crippen LogP contribution in [0.25, 0.3) is 0 Å². The van der Waals surface area contributed by atoms with Crippen LogP contribution in [0.15, 0.2) is 84.9 Å². The number of halogens is 1. The molecule has 0 aliphatic carbocycles. The Morgan fingerprint density at radius 1 is 0.857 bits per heavy atom. The van der Waals surface area contributed by atoms with Crippen LogP contribution in [-0.4, -0.2) is 11.9 Å². The van der Waals surface area contributed by atoms with Gasteiger partial charge in [0.1, 0.15) is 12.4 Å². The molecule has 28 heavy (non-hydrogen) atoms. The van der Waals surface area contributed by atoms with Crippen LogP contribution in [0.5, 0.6) is 0 Å². The van der Waals surface area contributed by atoms with Crippen LogP contribution in [0.1, 0.15) is 33.9 Å². The fraction of sp³-hybridized carbons (Fsp3) is 0.130. The normalized spacial score (nSPS) is 11.5. The molecule has 3 aromatic rings. The molecule has 0 spiro atoms. The summed E-state index contributed by atoms with van der Waals surface area (Å²) in [6.45, 7) is 0.0489. The fourth-order valence-electron chi connectivity index (χ4n) is 2.74. The van der Waals surface area contributed by atoms with Crippen molar-refractivity contribution in [3.8, 4) is 0 Å². The predicted molar refractivity (Wildman–Crippen MR) is 104 cm³/mol. The van der Waals surface area contributed by atoms with Crippen LogP contribution in [-0.2, 0) is 16.1 Å². The number of nitrogens with one attached hydrogen (secondary N) is 1. The van der Waals surface area contributed by atoms with Crippen molar-refractivity contribution in [3.05, 3.63) is 107 Å². The summed E-state index contributed by atoms with van der Waals surface area (Å²) in [7, 11) is 0. The minimum absolute atomic E-state index is 0.0101. The van der Waals surface area contributed by atoms with Gasteiger partial charge >= 0.3 is 5.97 Å². The Labute approximate surface area is 163 Å². The predicted octanol–water partition coefficient (Wildman–Crippen LogP) is 4.43. The second-order valence-corrected chi connectivity index (χ2v) is 6.29. The maximum atomic E-state index is 13.0. The molecular weight excluding hydrogens is 357 g/mol. The molecule has 1 N–H and O–H groups in total. The molecule has 3 rings (SSSR count). The van der Waals surface area contributed by atoms with Crippen LogP contribution in [0, 0.1) is 5.82 Å². The zero-order valence-electron chi connectivity index (χ0n) is 15.2. The Bertz CT molecular complexity index is 912. The van der Waals surface area contributed by atoms with Crippen LogP contribution < -0.4 is 5.32 Å². The van der Waals surface area contributed by atoms with Gasteiger partial charge in [0.2, 0.25) is 0 Å². The van der Waals surface area contributed by atoms with Gasteiger partial charge in [0.05, 0.1) is 12.5 Å². The van der Waals surface area contributed by atoms with E-state index in [1.165, 1.54) is 12.1 Å². The van der Waals surface area contributed by atoms with Gasteiger partial charge in [-0.05, 0) is 35.4 Å². The first kappa shape index (κ1) is 19.3. The van der Waals surface area contributed by atoms with Gasteiger partial charge in [-0.2, -0.15) is 0 Å². The number of esters is 1. The zero-order valence-corrected chi connectivity index (χ0v) is 15.2. The topological polar surface area (TPSA) is 55.4 Å². The molecular formula is C23H20FNO3. The Morgan fingerprint density at radius 3 is 2.11 bits per heavy atom. The third kappa shape index (κ3) is 5.51. The van der Waals surface area contributed by atoms with E-state index in [0.29, 0.717) is 11.1 Å². The van der Waals surface area contributed by atoms with Crippen molar-refractivity contribution in [2.45, 2.75) is 19.1 Å². The van der Waals surface area contributed by atoms with Crippen LogP contribution in [0.4, 0.5) is 4.39 Å². The third-order valence-corrected chi connectivity index (χ3v) is 4.23. The Hall–Kier alpha value is -3.47. The first-order valence-corrected chi connectivity index (χ1v) is 8.93. The maximum absolute atomic E-state index is 13.0. The summed E-state index contributed by atoms with van der Waals surface area (Å²) in [5.41, 5.74) is 2.02. The lowest BCUT2D eigenvalue weighted by Gasteiger charge is -2.19. The van der Waals surface area contributed by atoms with E-state index in [4.69, 9.17) is 4.74 Å². The SMILES string of the molecule is O=C(C[C@H](NC(=O)c1ccccc1)c1ccccc1)OCc1ccc(F)cc1. The lowest BCUT2D eigenvalue weighted by Crippen LogP contribution is -2.30. The van der Waals surface area contributed by atoms with E-state index in [1.807, 2.05) is 36.4 Å². The molecule has 1 amide bonds. The van der Waals surface area contributed by atoms with Gasteiger partial charge in [-0.25, -0.2) is 4.39 Å². The molecule has 0 radical (unpaired) electrons. The summed E-state index contributed by atoms with van der Waals surface area (Å²) in [4.78, 5) is 24.9. The molecule has 0 fully saturated rings. The van der Waals surface area contributed by atoms with E-state index in [-0.39, 0.29) is 24.8 Å². The van der Waals surface area contributed by atoms with Crippen molar-refractivity contribution in [2.75, 3.05) is 0 Å². The Balaban J connectivity index is 1.66. The first-order chi connectivity index (χ1) is 13.6. The molecule has 4 nitrogen and oxygen atoms in total. The number of benzene rings is 3. The highest BCUT2D eigenvalue weighted by Crippen LogP contribution is 2.19. The summed E-state index contributed by atoms with van der Waals surface area (Å²) < 4.78 is 18.3. The minimum atomic E-state index is -0.519. The summed E-state index contributed by atoms with van der Waals surface area (Å²) in [5.74, 6) is -1.06. The average molecular weight is 377 g/mol. The van der Waals surface area contributed by atoms with Crippen LogP contribution in [0.2, 0.25) is 0 Å². The van der Waals surface area contributed by atoms with Crippen molar-refractivity contribution in [2.24, 2.45) is 0 Å². The summed E-state index contributed by atoms with van der Waals surface area (Å²) in [6.07, 6.45) is -0.0101. The van der Waals surface area contributed by atoms with Crippen molar-refractivity contribution >= 4 is 11.9 Å². The fourth-order valence-corrected chi connectivity index (χ4v) is 2.74. The van der Waals surface area contributed by atoms with E-state index >= 15 is 0 Å². The van der Waals surface area contributed by atoms with E-state index in [0.717, 1.165) is 5.56 Å². The van der Waals surface area contributed by atoms with Crippen molar-refractivity contribution in [3.63, 3.8) is 0 Å². The molecule has 0 unspecified atom stereocenters. The third-order valence-electron chi connectivity index (χ3n) is 4.23. The van der Waals surface area contributed by atoms with Crippen molar-refractivity contribution in [1.29, 1.82) is 0 Å². The summed E-state index contributed by atoms with van der Waals surface area (Å²) in [6, 6.07) is 23.3. The maximum Gasteiger partial charge on any atom is 0.308 e. The lowest BCUT2D eigenvalue weighted by atomic mass is 10.0. The molecule has 0 saturated heterocycles. The van der Waals surface area contributed by atoms with Crippen LogP contribution >= 0.6 is 0 Å². The first-order valence-electron chi connectivity index (χ1n) is 8.93. The highest BCUT2D eigenvalue weighted by Gasteiger charge is 2.20. The van der Waals surface area contributed by atoms with Gasteiger partial charge in [-0.15, -0.1) is 0 Å². The molecule has 0 aliphatic rings. The van der Waals surface area contributed by atoms with Gasteiger partial charge in [0.25, 0.3) is 5.91 Å². The molecule has 3 aromatic carbocycles. The molecule has 0 aliphatic heterocycles. The summed E-state index contributed by atoms with van der Waals surface area (Å²) in [5, 5.41) is 2.90. The second kappa shape index (κ2) is 9.46. The lowest BCUT2D eigenvalue weighted by molar-refractivity contribution is -0.145. The van der Waals surface area contributed by atoms with Gasteiger partial charge in [-0.3, -0.25) is 9.59 Å². The Kier molecular flexibility index (Phi) is 6.52. The van der Waals surface area contributed by atoms with Crippen LogP contribution in [0.3, 0.4) is 0 Å². The highest BCUT2D eigenvalue weighted by atomic mass is 19.1. The molecule has 0 bridgehead atoms. The molecule has 5 heteroatoms. The summed E-state index contributed by atoms with van der Waals surface area (Å²) >= 11 is 0. The number of hydrogen-bond acceptors (Lipinski definition) is 3. The number of rotatable bonds is 7. The Morgan fingerprint density at radius 2 is 1.46 bits per heavy atom. The van der Waals surface area contributed by atoms with E-state index in [9.17, 15) is 14.0 Å². The van der Waals surface area contributed by atoms with Gasteiger partial charge in [0.15, 0.2) is 0 Å². The molecule has 142 valence electrons. The van der Waals surface area contributed by atoms with Gasteiger partial charge in [0, 0.05) is 5.56 Å². The largest absolute Gasteiger partial charge is 0.461 e. The number of hydrogen-bond donors (Lipinski definition) is 1. The quantitative estimate of drug-likeness (QED) is 0.620. The molecule has 1 atom stereocenters. The number of amides is 1. The minimum Gasteiger partial charge on any atom is -0.461 e. The zero-order chi connectivity index (χ0) is 19.8. The molecule has 0 saturated carbocycles. The van der Waals surface area contributed by atoms with Crippen molar-refractivity contribution in [1.82, 2.24) is 5.32 Å². The standard InChI is InChI=1S/C23H20FNO3/c24-20-13-11-17(12-14-20)16-28-22(26)15-21(18-7-3-1-4-8-18)25-23(27)19-9-5-2-6-10-19/h1-14,21H,15-16H2,(H,25,27)/t21-/m0/s1. The number of carbonyl (C=O) groups excluding carboxylic acids is 2. The van der Waals surface area contributed by atoms with Crippen molar-refractivity contribution < 1.29 is 18.7 Å². The second-order valence-electron chi connectivity index (χ2n) is 6.29. The van der Waals surface area contributed by atoms with Gasteiger partial charge in [-0.1, -0.05) is 60.7 Å². The van der Waals surface area contributed by atoms with E-state index in [1.54, 1.807) is 36.4 Å².